The molecule has 0 fully saturated rings. The predicted molar refractivity (Wildman–Crippen MR) is 93.8 cm³/mol. The largest absolute Gasteiger partial charge is 0.493 e. The molecule has 0 aromatic heterocycles. The molecule has 1 aliphatic carbocycles. The van der Waals surface area contributed by atoms with Crippen LogP contribution >= 0.6 is 0 Å². The van der Waals surface area contributed by atoms with E-state index in [2.05, 4.69) is 17.4 Å². The molecule has 0 aliphatic heterocycles. The highest BCUT2D eigenvalue weighted by molar-refractivity contribution is 5.78. The highest BCUT2D eigenvalue weighted by Crippen LogP contribution is 2.40. The third-order valence-electron chi connectivity index (χ3n) is 4.60. The average Bonchev–Trinajstić information content (AvgIpc) is 3.01. The number of ether oxygens (including phenoxy) is 2. The van der Waals surface area contributed by atoms with E-state index >= 15 is 0 Å². The van der Waals surface area contributed by atoms with E-state index in [1.54, 1.807) is 14.2 Å². The van der Waals surface area contributed by atoms with Crippen molar-refractivity contribution in [2.45, 2.75) is 25.2 Å². The van der Waals surface area contributed by atoms with Gasteiger partial charge in [-0.25, -0.2) is 0 Å². The molecule has 4 nitrogen and oxygen atoms in total. The van der Waals surface area contributed by atoms with Crippen molar-refractivity contribution < 1.29 is 14.3 Å². The lowest BCUT2D eigenvalue weighted by atomic mass is 10.0. The lowest BCUT2D eigenvalue weighted by Crippen LogP contribution is -2.29. The van der Waals surface area contributed by atoms with Gasteiger partial charge in [0.2, 0.25) is 5.91 Å². The Morgan fingerprint density at radius 1 is 1.12 bits per heavy atom. The average molecular weight is 325 g/mol. The van der Waals surface area contributed by atoms with E-state index < -0.39 is 0 Å². The minimum atomic E-state index is 0.0649. The molecular weight excluding hydrogens is 302 g/mol. The number of methoxy groups -OCH3 is 2. The maximum absolute atomic E-state index is 12.1. The van der Waals surface area contributed by atoms with Crippen LogP contribution in [-0.4, -0.2) is 26.7 Å². The summed E-state index contributed by atoms with van der Waals surface area (Å²) in [4.78, 5) is 12.1. The van der Waals surface area contributed by atoms with Gasteiger partial charge < -0.3 is 14.8 Å². The second kappa shape index (κ2) is 7.39. The molecule has 4 heteroatoms. The van der Waals surface area contributed by atoms with E-state index in [0.29, 0.717) is 18.9 Å². The molecular formula is C20H23NO3. The van der Waals surface area contributed by atoms with Crippen LogP contribution in [0.5, 0.6) is 11.5 Å². The topological polar surface area (TPSA) is 47.6 Å². The second-order valence-electron chi connectivity index (χ2n) is 6.11. The van der Waals surface area contributed by atoms with Gasteiger partial charge in [0.1, 0.15) is 0 Å². The van der Waals surface area contributed by atoms with E-state index in [0.717, 1.165) is 29.9 Å². The van der Waals surface area contributed by atoms with Crippen molar-refractivity contribution in [2.75, 3.05) is 20.8 Å². The zero-order valence-electron chi connectivity index (χ0n) is 14.2. The molecule has 126 valence electrons. The Balaban J connectivity index is 1.63. The van der Waals surface area contributed by atoms with E-state index in [4.69, 9.17) is 9.47 Å². The first-order valence-electron chi connectivity index (χ1n) is 8.26. The number of fused-ring (bicyclic) bond motifs is 1. The SMILES string of the molecule is COc1cc2c(cc1OC)C(CNC(=O)Cc1ccccc1)CC2. The Hall–Kier alpha value is -2.49. The summed E-state index contributed by atoms with van der Waals surface area (Å²) in [6.45, 7) is 0.661. The van der Waals surface area contributed by atoms with Crippen LogP contribution in [0.4, 0.5) is 0 Å². The van der Waals surface area contributed by atoms with Gasteiger partial charge in [-0.3, -0.25) is 4.79 Å². The van der Waals surface area contributed by atoms with Gasteiger partial charge in [0.05, 0.1) is 20.6 Å². The van der Waals surface area contributed by atoms with Crippen LogP contribution in [0.15, 0.2) is 42.5 Å². The van der Waals surface area contributed by atoms with Crippen molar-refractivity contribution >= 4 is 5.91 Å². The third-order valence-corrected chi connectivity index (χ3v) is 4.60. The fourth-order valence-electron chi connectivity index (χ4n) is 3.31. The highest BCUT2D eigenvalue weighted by atomic mass is 16.5. The standard InChI is InChI=1S/C20H23NO3/c1-23-18-11-15-8-9-16(17(15)12-19(18)24-2)13-21-20(22)10-14-6-4-3-5-7-14/h3-7,11-12,16H,8-10,13H2,1-2H3,(H,21,22). The molecule has 0 radical (unpaired) electrons. The molecule has 0 heterocycles. The molecule has 2 aromatic rings. The van der Waals surface area contributed by atoms with Gasteiger partial charge in [-0.2, -0.15) is 0 Å². The van der Waals surface area contributed by atoms with Gasteiger partial charge in [0.25, 0.3) is 0 Å². The monoisotopic (exact) mass is 325 g/mol. The summed E-state index contributed by atoms with van der Waals surface area (Å²) in [7, 11) is 3.30. The Labute approximate surface area is 142 Å². The lowest BCUT2D eigenvalue weighted by molar-refractivity contribution is -0.120. The number of hydrogen-bond donors (Lipinski definition) is 1. The molecule has 1 unspecified atom stereocenters. The van der Waals surface area contributed by atoms with Gasteiger partial charge in [0, 0.05) is 12.5 Å². The fraction of sp³-hybridized carbons (Fsp3) is 0.350. The normalized spacial score (nSPS) is 15.7. The maximum atomic E-state index is 12.1. The summed E-state index contributed by atoms with van der Waals surface area (Å²) in [6.07, 6.45) is 2.47. The molecule has 0 bridgehead atoms. The zero-order valence-corrected chi connectivity index (χ0v) is 14.2. The molecule has 2 aromatic carbocycles. The molecule has 0 spiro atoms. The summed E-state index contributed by atoms with van der Waals surface area (Å²) in [5.41, 5.74) is 3.58. The first kappa shape index (κ1) is 16.4. The second-order valence-corrected chi connectivity index (χ2v) is 6.11. The number of rotatable bonds is 6. The summed E-state index contributed by atoms with van der Waals surface area (Å²) < 4.78 is 10.8. The molecule has 1 N–H and O–H groups in total. The van der Waals surface area contributed by atoms with Crippen molar-refractivity contribution in [2.24, 2.45) is 0 Å². The maximum Gasteiger partial charge on any atom is 0.224 e. The van der Waals surface area contributed by atoms with Crippen LogP contribution in [0, 0.1) is 0 Å². The molecule has 1 aliphatic rings. The number of nitrogens with one attached hydrogen (secondary N) is 1. The third kappa shape index (κ3) is 3.53. The van der Waals surface area contributed by atoms with E-state index in [-0.39, 0.29) is 5.91 Å². The van der Waals surface area contributed by atoms with Crippen LogP contribution in [0.25, 0.3) is 0 Å². The van der Waals surface area contributed by atoms with Gasteiger partial charge in [-0.05, 0) is 41.7 Å². The van der Waals surface area contributed by atoms with Crippen molar-refractivity contribution in [3.05, 3.63) is 59.2 Å². The summed E-state index contributed by atoms with van der Waals surface area (Å²) in [6, 6.07) is 13.9. The van der Waals surface area contributed by atoms with Crippen LogP contribution in [0.1, 0.15) is 29.0 Å². The summed E-state index contributed by atoms with van der Waals surface area (Å²) in [5.74, 6) is 1.92. The fourth-order valence-corrected chi connectivity index (χ4v) is 3.31. The van der Waals surface area contributed by atoms with Gasteiger partial charge >= 0.3 is 0 Å². The van der Waals surface area contributed by atoms with Gasteiger partial charge in [-0.1, -0.05) is 30.3 Å². The Morgan fingerprint density at radius 2 is 1.83 bits per heavy atom. The Kier molecular flexibility index (Phi) is 5.04. The minimum Gasteiger partial charge on any atom is -0.493 e. The molecule has 0 saturated heterocycles. The van der Waals surface area contributed by atoms with Gasteiger partial charge in [-0.15, -0.1) is 0 Å². The van der Waals surface area contributed by atoms with Crippen molar-refractivity contribution in [1.29, 1.82) is 0 Å². The number of carbonyl (C=O) groups excluding carboxylic acids is 1. The smallest absolute Gasteiger partial charge is 0.224 e. The molecule has 3 rings (SSSR count). The predicted octanol–water partition coefficient (Wildman–Crippen LogP) is 3.09. The lowest BCUT2D eigenvalue weighted by Gasteiger charge is -2.15. The highest BCUT2D eigenvalue weighted by Gasteiger charge is 2.25. The number of aryl methyl sites for hydroxylation is 1. The van der Waals surface area contributed by atoms with E-state index in [1.165, 1.54) is 11.1 Å². The first-order chi connectivity index (χ1) is 11.7. The molecule has 24 heavy (non-hydrogen) atoms. The number of amides is 1. The van der Waals surface area contributed by atoms with Crippen LogP contribution in [0.3, 0.4) is 0 Å². The van der Waals surface area contributed by atoms with Crippen molar-refractivity contribution in [3.63, 3.8) is 0 Å². The van der Waals surface area contributed by atoms with Crippen molar-refractivity contribution in [3.8, 4) is 11.5 Å². The van der Waals surface area contributed by atoms with E-state index in [1.807, 2.05) is 30.3 Å². The number of carbonyl (C=O) groups is 1. The van der Waals surface area contributed by atoms with Crippen LogP contribution in [0.2, 0.25) is 0 Å². The first-order valence-corrected chi connectivity index (χ1v) is 8.26. The Bertz CT molecular complexity index is 712. The summed E-state index contributed by atoms with van der Waals surface area (Å²) in [5, 5.41) is 3.07. The number of benzene rings is 2. The quantitative estimate of drug-likeness (QED) is 0.888. The van der Waals surface area contributed by atoms with Crippen LogP contribution in [-0.2, 0) is 17.6 Å². The molecule has 0 saturated carbocycles. The zero-order chi connectivity index (χ0) is 16.9. The molecule has 1 atom stereocenters. The summed E-state index contributed by atoms with van der Waals surface area (Å²) >= 11 is 0. The van der Waals surface area contributed by atoms with Crippen LogP contribution < -0.4 is 14.8 Å². The van der Waals surface area contributed by atoms with Gasteiger partial charge in [0.15, 0.2) is 11.5 Å². The number of hydrogen-bond acceptors (Lipinski definition) is 3. The Morgan fingerprint density at radius 3 is 2.54 bits per heavy atom. The van der Waals surface area contributed by atoms with E-state index in [9.17, 15) is 4.79 Å². The minimum absolute atomic E-state index is 0.0649. The molecule has 1 amide bonds. The van der Waals surface area contributed by atoms with Crippen molar-refractivity contribution in [1.82, 2.24) is 5.32 Å².